The number of aromatic amines is 1. The van der Waals surface area contributed by atoms with E-state index in [4.69, 9.17) is 4.74 Å². The SMILES string of the molecule is COc1ccc(C2(F)C(c3ncc[nH]3)=CC=CC2C#N)cc1. The molecule has 1 aromatic heterocycles. The molecule has 0 amide bonds. The quantitative estimate of drug-likeness (QED) is 0.944. The van der Waals surface area contributed by atoms with Gasteiger partial charge in [-0.2, -0.15) is 5.26 Å². The fourth-order valence-electron chi connectivity index (χ4n) is 2.65. The number of H-pyrrole nitrogens is 1. The van der Waals surface area contributed by atoms with E-state index in [2.05, 4.69) is 9.97 Å². The highest BCUT2D eigenvalue weighted by Crippen LogP contribution is 2.47. The van der Waals surface area contributed by atoms with E-state index in [9.17, 15) is 5.26 Å². The molecule has 22 heavy (non-hydrogen) atoms. The maximum absolute atomic E-state index is 16.0. The summed E-state index contributed by atoms with van der Waals surface area (Å²) < 4.78 is 21.1. The largest absolute Gasteiger partial charge is 0.497 e. The number of allylic oxidation sites excluding steroid dienone is 4. The Bertz CT molecular complexity index is 756. The van der Waals surface area contributed by atoms with E-state index in [1.165, 1.54) is 0 Å². The van der Waals surface area contributed by atoms with Gasteiger partial charge in [0.15, 0.2) is 5.67 Å². The van der Waals surface area contributed by atoms with Crippen molar-refractivity contribution in [3.05, 3.63) is 66.3 Å². The summed E-state index contributed by atoms with van der Waals surface area (Å²) in [6.07, 6.45) is 8.09. The molecule has 0 fully saturated rings. The summed E-state index contributed by atoms with van der Waals surface area (Å²) in [7, 11) is 1.55. The Balaban J connectivity index is 2.14. The van der Waals surface area contributed by atoms with Crippen molar-refractivity contribution >= 4 is 5.57 Å². The number of hydrogen-bond donors (Lipinski definition) is 1. The van der Waals surface area contributed by atoms with Crippen LogP contribution in [0.3, 0.4) is 0 Å². The van der Waals surface area contributed by atoms with E-state index >= 15 is 4.39 Å². The molecule has 2 atom stereocenters. The third-order valence-electron chi connectivity index (χ3n) is 3.79. The number of imidazole rings is 1. The number of alkyl halides is 1. The van der Waals surface area contributed by atoms with Gasteiger partial charge in [0.1, 0.15) is 17.5 Å². The molecule has 1 aliphatic rings. The molecule has 5 heteroatoms. The number of nitrogens with zero attached hydrogens (tertiary/aromatic N) is 2. The van der Waals surface area contributed by atoms with Crippen LogP contribution in [-0.4, -0.2) is 17.1 Å². The highest BCUT2D eigenvalue weighted by Gasteiger charge is 2.46. The zero-order chi connectivity index (χ0) is 15.6. The van der Waals surface area contributed by atoms with Crippen LogP contribution in [0.2, 0.25) is 0 Å². The second-order valence-corrected chi connectivity index (χ2v) is 4.95. The van der Waals surface area contributed by atoms with Crippen LogP contribution < -0.4 is 4.74 Å². The molecule has 1 N–H and O–H groups in total. The van der Waals surface area contributed by atoms with Crippen LogP contribution in [0.5, 0.6) is 5.75 Å². The van der Waals surface area contributed by atoms with Crippen molar-refractivity contribution in [1.29, 1.82) is 5.26 Å². The molecular formula is C17H14FN3O. The van der Waals surface area contributed by atoms with Gasteiger partial charge in [0.25, 0.3) is 0 Å². The smallest absolute Gasteiger partial charge is 0.183 e. The van der Waals surface area contributed by atoms with Crippen molar-refractivity contribution in [2.45, 2.75) is 5.67 Å². The van der Waals surface area contributed by atoms with Crippen molar-refractivity contribution in [3.8, 4) is 11.8 Å². The summed E-state index contributed by atoms with van der Waals surface area (Å²) in [6, 6.07) is 8.68. The second kappa shape index (κ2) is 5.49. The molecule has 3 rings (SSSR count). The molecule has 1 aliphatic carbocycles. The van der Waals surface area contributed by atoms with Crippen LogP contribution in [0.25, 0.3) is 5.57 Å². The predicted octanol–water partition coefficient (Wildman–Crippen LogP) is 3.38. The first kappa shape index (κ1) is 14.1. The molecule has 1 aromatic carbocycles. The summed E-state index contributed by atoms with van der Waals surface area (Å²) in [4.78, 5) is 7.04. The standard InChI is InChI=1S/C17H14FN3O/c1-22-14-7-5-12(6-8-14)17(18)13(11-19)3-2-4-15(17)16-20-9-10-21-16/h2-10,13H,1H3,(H,20,21). The molecule has 110 valence electrons. The van der Waals surface area contributed by atoms with E-state index in [-0.39, 0.29) is 0 Å². The van der Waals surface area contributed by atoms with Gasteiger partial charge < -0.3 is 9.72 Å². The third-order valence-corrected chi connectivity index (χ3v) is 3.79. The van der Waals surface area contributed by atoms with Gasteiger partial charge in [0.2, 0.25) is 0 Å². The minimum absolute atomic E-state index is 0.344. The maximum Gasteiger partial charge on any atom is 0.183 e. The molecule has 0 aliphatic heterocycles. The van der Waals surface area contributed by atoms with Gasteiger partial charge in [0, 0.05) is 18.0 Å². The highest BCUT2D eigenvalue weighted by molar-refractivity contribution is 5.74. The summed E-state index contributed by atoms with van der Waals surface area (Å²) in [5, 5.41) is 9.38. The summed E-state index contributed by atoms with van der Waals surface area (Å²) >= 11 is 0. The van der Waals surface area contributed by atoms with Gasteiger partial charge in [-0.15, -0.1) is 0 Å². The zero-order valence-corrected chi connectivity index (χ0v) is 12.0. The number of hydrogen-bond acceptors (Lipinski definition) is 3. The lowest BCUT2D eigenvalue weighted by atomic mass is 9.75. The van der Waals surface area contributed by atoms with Crippen molar-refractivity contribution in [2.24, 2.45) is 5.92 Å². The van der Waals surface area contributed by atoms with E-state index < -0.39 is 11.6 Å². The van der Waals surface area contributed by atoms with Crippen LogP contribution in [0, 0.1) is 17.2 Å². The average molecular weight is 295 g/mol. The molecule has 2 aromatic rings. The fraction of sp³-hybridized carbons (Fsp3) is 0.176. The average Bonchev–Trinajstić information content (AvgIpc) is 3.09. The summed E-state index contributed by atoms with van der Waals surface area (Å²) in [5.74, 6) is 0.129. The highest BCUT2D eigenvalue weighted by atomic mass is 19.1. The summed E-state index contributed by atoms with van der Waals surface area (Å²) in [6.45, 7) is 0. The minimum atomic E-state index is -1.96. The fourth-order valence-corrected chi connectivity index (χ4v) is 2.65. The number of halogens is 1. The molecule has 4 nitrogen and oxygen atoms in total. The molecule has 2 unspecified atom stereocenters. The van der Waals surface area contributed by atoms with Crippen molar-refractivity contribution in [1.82, 2.24) is 9.97 Å². The van der Waals surface area contributed by atoms with Crippen LogP contribution in [0.15, 0.2) is 54.9 Å². The normalized spacial score (nSPS) is 23.7. The van der Waals surface area contributed by atoms with Crippen LogP contribution in [-0.2, 0) is 5.67 Å². The molecule has 0 spiro atoms. The van der Waals surface area contributed by atoms with E-state index in [0.29, 0.717) is 22.7 Å². The lowest BCUT2D eigenvalue weighted by Gasteiger charge is -2.32. The molecule has 0 radical (unpaired) electrons. The van der Waals surface area contributed by atoms with E-state index in [0.717, 1.165) is 0 Å². The lowest BCUT2D eigenvalue weighted by Crippen LogP contribution is -2.32. The number of rotatable bonds is 3. The molecular weight excluding hydrogens is 281 g/mol. The number of nitrogens with one attached hydrogen (secondary N) is 1. The number of methoxy groups -OCH3 is 1. The van der Waals surface area contributed by atoms with E-state index in [1.807, 2.05) is 6.07 Å². The monoisotopic (exact) mass is 295 g/mol. The van der Waals surface area contributed by atoms with Crippen molar-refractivity contribution in [2.75, 3.05) is 7.11 Å². The first-order chi connectivity index (χ1) is 10.7. The van der Waals surface area contributed by atoms with E-state index in [1.54, 1.807) is 62.0 Å². The lowest BCUT2D eigenvalue weighted by molar-refractivity contribution is 0.208. The Morgan fingerprint density at radius 1 is 1.36 bits per heavy atom. The van der Waals surface area contributed by atoms with Crippen LogP contribution in [0.4, 0.5) is 4.39 Å². The van der Waals surface area contributed by atoms with Crippen LogP contribution in [0.1, 0.15) is 11.4 Å². The van der Waals surface area contributed by atoms with Gasteiger partial charge >= 0.3 is 0 Å². The van der Waals surface area contributed by atoms with Crippen molar-refractivity contribution < 1.29 is 9.13 Å². The van der Waals surface area contributed by atoms with Gasteiger partial charge in [-0.25, -0.2) is 9.37 Å². The first-order valence-corrected chi connectivity index (χ1v) is 6.82. The molecule has 0 bridgehead atoms. The maximum atomic E-state index is 16.0. The Labute approximate surface area is 127 Å². The van der Waals surface area contributed by atoms with Gasteiger partial charge in [-0.1, -0.05) is 30.4 Å². The summed E-state index contributed by atoms with van der Waals surface area (Å²) in [5.41, 5.74) is -1.23. The zero-order valence-electron chi connectivity index (χ0n) is 12.0. The number of aromatic nitrogens is 2. The number of ether oxygens (including phenoxy) is 1. The first-order valence-electron chi connectivity index (χ1n) is 6.82. The topological polar surface area (TPSA) is 61.7 Å². The molecule has 0 saturated heterocycles. The second-order valence-electron chi connectivity index (χ2n) is 4.95. The number of benzene rings is 1. The minimum Gasteiger partial charge on any atom is -0.497 e. The molecule has 0 saturated carbocycles. The van der Waals surface area contributed by atoms with Gasteiger partial charge in [-0.3, -0.25) is 0 Å². The third kappa shape index (κ3) is 2.09. The van der Waals surface area contributed by atoms with Gasteiger partial charge in [-0.05, 0) is 17.7 Å². The Kier molecular flexibility index (Phi) is 3.51. The Hall–Kier alpha value is -2.87. The predicted molar refractivity (Wildman–Crippen MR) is 80.6 cm³/mol. The van der Waals surface area contributed by atoms with Gasteiger partial charge in [0.05, 0.1) is 13.2 Å². The Morgan fingerprint density at radius 3 is 2.73 bits per heavy atom. The number of nitriles is 1. The van der Waals surface area contributed by atoms with Crippen LogP contribution >= 0.6 is 0 Å². The Morgan fingerprint density at radius 2 is 2.14 bits per heavy atom. The molecule has 1 heterocycles. The van der Waals surface area contributed by atoms with Crippen molar-refractivity contribution in [3.63, 3.8) is 0 Å².